The first-order chi connectivity index (χ1) is 6.04. The molecule has 1 aromatic rings. The highest BCUT2D eigenvalue weighted by Gasteiger charge is 2.22. The second-order valence-electron chi connectivity index (χ2n) is 2.30. The molecule has 0 bridgehead atoms. The van der Waals surface area contributed by atoms with Crippen LogP contribution >= 0.6 is 0 Å². The highest BCUT2D eigenvalue weighted by atomic mass is 19.3. The van der Waals surface area contributed by atoms with Crippen molar-refractivity contribution in [2.45, 2.75) is 6.43 Å². The lowest BCUT2D eigenvalue weighted by Gasteiger charge is -2.01. The fourth-order valence-corrected chi connectivity index (χ4v) is 0.828. The van der Waals surface area contributed by atoms with Gasteiger partial charge >= 0.3 is 6.43 Å². The lowest BCUT2D eigenvalue weighted by molar-refractivity contribution is 0.0673. The minimum Gasteiger partial charge on any atom is -0.505 e. The Morgan fingerprint density at radius 3 is 2.54 bits per heavy atom. The van der Waals surface area contributed by atoms with Crippen LogP contribution < -0.4 is 0 Å². The molecule has 0 heterocycles. The van der Waals surface area contributed by atoms with E-state index in [0.29, 0.717) is 0 Å². The lowest BCUT2D eigenvalue weighted by atomic mass is 10.1. The first-order valence-electron chi connectivity index (χ1n) is 3.34. The van der Waals surface area contributed by atoms with Gasteiger partial charge in [-0.25, -0.2) is 13.2 Å². The molecule has 0 amide bonds. The Balaban J connectivity index is 3.15. The zero-order valence-corrected chi connectivity index (χ0v) is 6.30. The van der Waals surface area contributed by atoms with Crippen molar-refractivity contribution in [2.75, 3.05) is 0 Å². The third-order valence-electron chi connectivity index (χ3n) is 1.44. The van der Waals surface area contributed by atoms with Gasteiger partial charge in [0.2, 0.25) is 5.78 Å². The second kappa shape index (κ2) is 3.47. The Labute approximate surface area is 71.6 Å². The van der Waals surface area contributed by atoms with Gasteiger partial charge in [0.1, 0.15) is 0 Å². The Hall–Kier alpha value is -1.52. The monoisotopic (exact) mass is 190 g/mol. The molecular formula is C8H5F3O2. The van der Waals surface area contributed by atoms with E-state index >= 15 is 0 Å². The number of ketones is 1. The van der Waals surface area contributed by atoms with E-state index < -0.39 is 29.3 Å². The van der Waals surface area contributed by atoms with E-state index in [9.17, 15) is 18.0 Å². The average Bonchev–Trinajstić information content (AvgIpc) is 2.08. The molecule has 0 unspecified atom stereocenters. The van der Waals surface area contributed by atoms with Crippen LogP contribution in [0.15, 0.2) is 18.2 Å². The SMILES string of the molecule is O=C(c1cccc(O)c1F)C(F)F. The summed E-state index contributed by atoms with van der Waals surface area (Å²) in [6.45, 7) is 0. The Kier molecular flexibility index (Phi) is 2.55. The number of rotatable bonds is 2. The summed E-state index contributed by atoms with van der Waals surface area (Å²) in [5.41, 5.74) is -0.796. The van der Waals surface area contributed by atoms with E-state index in [1.165, 1.54) is 0 Å². The molecule has 0 saturated carbocycles. The molecule has 0 aliphatic rings. The van der Waals surface area contributed by atoms with Crippen molar-refractivity contribution in [1.82, 2.24) is 0 Å². The van der Waals surface area contributed by atoms with Gasteiger partial charge in [-0.15, -0.1) is 0 Å². The van der Waals surface area contributed by atoms with Gasteiger partial charge in [0.25, 0.3) is 0 Å². The number of hydrogen-bond donors (Lipinski definition) is 1. The standard InChI is InChI=1S/C8H5F3O2/c9-6-4(7(13)8(10)11)2-1-3-5(6)12/h1-3,8,12H. The first-order valence-corrected chi connectivity index (χ1v) is 3.34. The van der Waals surface area contributed by atoms with E-state index in [1.54, 1.807) is 0 Å². The second-order valence-corrected chi connectivity index (χ2v) is 2.30. The predicted molar refractivity (Wildman–Crippen MR) is 38.4 cm³/mol. The van der Waals surface area contributed by atoms with Gasteiger partial charge in [0.15, 0.2) is 11.6 Å². The minimum atomic E-state index is -3.27. The van der Waals surface area contributed by atoms with Crippen molar-refractivity contribution in [3.8, 4) is 5.75 Å². The van der Waals surface area contributed by atoms with E-state index in [4.69, 9.17) is 5.11 Å². The van der Waals surface area contributed by atoms with Gasteiger partial charge < -0.3 is 5.11 Å². The van der Waals surface area contributed by atoms with E-state index in [-0.39, 0.29) is 0 Å². The summed E-state index contributed by atoms with van der Waals surface area (Å²) >= 11 is 0. The van der Waals surface area contributed by atoms with Crippen LogP contribution in [-0.2, 0) is 0 Å². The highest BCUT2D eigenvalue weighted by molar-refractivity contribution is 5.99. The molecule has 1 N–H and O–H groups in total. The summed E-state index contributed by atoms with van der Waals surface area (Å²) in [5, 5.41) is 8.76. The Morgan fingerprint density at radius 2 is 2.00 bits per heavy atom. The number of hydrogen-bond acceptors (Lipinski definition) is 2. The number of phenols is 1. The van der Waals surface area contributed by atoms with Crippen LogP contribution in [0.4, 0.5) is 13.2 Å². The summed E-state index contributed by atoms with van der Waals surface area (Å²) in [6, 6.07) is 2.98. The summed E-state index contributed by atoms with van der Waals surface area (Å²) in [5.74, 6) is -3.76. The van der Waals surface area contributed by atoms with Crippen molar-refractivity contribution in [3.63, 3.8) is 0 Å². The number of benzene rings is 1. The number of alkyl halides is 2. The molecule has 13 heavy (non-hydrogen) atoms. The zero-order chi connectivity index (χ0) is 10.0. The summed E-state index contributed by atoms with van der Waals surface area (Å²) in [4.78, 5) is 10.6. The predicted octanol–water partition coefficient (Wildman–Crippen LogP) is 1.98. The number of Topliss-reactive ketones (excluding diaryl/α,β-unsaturated/α-hetero) is 1. The van der Waals surface area contributed by atoms with Gasteiger partial charge in [0.05, 0.1) is 5.56 Å². The van der Waals surface area contributed by atoms with Gasteiger partial charge in [-0.3, -0.25) is 4.79 Å². The molecule has 70 valence electrons. The van der Waals surface area contributed by atoms with E-state index in [1.807, 2.05) is 0 Å². The molecule has 0 aliphatic heterocycles. The molecule has 0 aromatic heterocycles. The summed E-state index contributed by atoms with van der Waals surface area (Å²) in [7, 11) is 0. The Morgan fingerprint density at radius 1 is 1.38 bits per heavy atom. The number of carbonyl (C=O) groups is 1. The highest BCUT2D eigenvalue weighted by Crippen LogP contribution is 2.20. The molecule has 2 nitrogen and oxygen atoms in total. The van der Waals surface area contributed by atoms with Crippen molar-refractivity contribution >= 4 is 5.78 Å². The molecule has 0 aliphatic carbocycles. The van der Waals surface area contributed by atoms with Crippen LogP contribution in [0, 0.1) is 5.82 Å². The molecule has 1 rings (SSSR count). The maximum Gasteiger partial charge on any atom is 0.300 e. The number of phenolic OH excluding ortho intramolecular Hbond substituents is 1. The van der Waals surface area contributed by atoms with Crippen molar-refractivity contribution in [3.05, 3.63) is 29.6 Å². The summed E-state index contributed by atoms with van der Waals surface area (Å²) < 4.78 is 36.5. The van der Waals surface area contributed by atoms with Crippen LogP contribution in [0.1, 0.15) is 10.4 Å². The topological polar surface area (TPSA) is 37.3 Å². The van der Waals surface area contributed by atoms with Gasteiger partial charge in [-0.05, 0) is 12.1 Å². The average molecular weight is 190 g/mol. The maximum atomic E-state index is 12.8. The van der Waals surface area contributed by atoms with Gasteiger partial charge in [-0.1, -0.05) is 6.07 Å². The number of halogens is 3. The van der Waals surface area contributed by atoms with Crippen LogP contribution in [-0.4, -0.2) is 17.3 Å². The van der Waals surface area contributed by atoms with E-state index in [0.717, 1.165) is 18.2 Å². The normalized spacial score (nSPS) is 10.5. The molecule has 1 aromatic carbocycles. The quantitative estimate of drug-likeness (QED) is 0.724. The molecule has 0 spiro atoms. The van der Waals surface area contributed by atoms with Crippen molar-refractivity contribution in [2.24, 2.45) is 0 Å². The zero-order valence-electron chi connectivity index (χ0n) is 6.30. The molecular weight excluding hydrogens is 185 g/mol. The van der Waals surface area contributed by atoms with Crippen molar-refractivity contribution in [1.29, 1.82) is 0 Å². The third-order valence-corrected chi connectivity index (χ3v) is 1.44. The molecule has 0 fully saturated rings. The number of carbonyl (C=O) groups excluding carboxylic acids is 1. The fourth-order valence-electron chi connectivity index (χ4n) is 0.828. The largest absolute Gasteiger partial charge is 0.505 e. The molecule has 0 atom stereocenters. The summed E-state index contributed by atoms with van der Waals surface area (Å²) in [6.07, 6.45) is -3.27. The maximum absolute atomic E-state index is 12.8. The molecule has 0 radical (unpaired) electrons. The number of aromatic hydroxyl groups is 1. The van der Waals surface area contributed by atoms with Gasteiger partial charge in [-0.2, -0.15) is 0 Å². The third kappa shape index (κ3) is 1.80. The minimum absolute atomic E-state index is 0.796. The van der Waals surface area contributed by atoms with E-state index in [2.05, 4.69) is 0 Å². The van der Waals surface area contributed by atoms with Crippen LogP contribution in [0.2, 0.25) is 0 Å². The fraction of sp³-hybridized carbons (Fsp3) is 0.125. The smallest absolute Gasteiger partial charge is 0.300 e. The first kappa shape index (κ1) is 9.57. The van der Waals surface area contributed by atoms with Crippen LogP contribution in [0.3, 0.4) is 0 Å². The van der Waals surface area contributed by atoms with Crippen LogP contribution in [0.25, 0.3) is 0 Å². The van der Waals surface area contributed by atoms with Crippen LogP contribution in [0.5, 0.6) is 5.75 Å². The Bertz CT molecular complexity index is 336. The lowest BCUT2D eigenvalue weighted by Crippen LogP contribution is -2.12. The van der Waals surface area contributed by atoms with Crippen molar-refractivity contribution < 1.29 is 23.1 Å². The van der Waals surface area contributed by atoms with Gasteiger partial charge in [0, 0.05) is 0 Å². The molecule has 5 heteroatoms. The molecule has 0 saturated heterocycles.